The maximum atomic E-state index is 12.5. The highest BCUT2D eigenvalue weighted by Gasteiger charge is 2.67. The van der Waals surface area contributed by atoms with Crippen molar-refractivity contribution in [1.82, 2.24) is 0 Å². The second-order valence-electron chi connectivity index (χ2n) is 12.6. The third-order valence-corrected chi connectivity index (χ3v) is 9.45. The second-order valence-corrected chi connectivity index (χ2v) is 12.6. The van der Waals surface area contributed by atoms with Crippen LogP contribution in [0.1, 0.15) is 81.1 Å². The molecule has 11 atom stereocenters. The molecule has 7 nitrogen and oxygen atoms in total. The standard InChI is InChI=1S/C28H44O7/c1-14(2)13-20(30)34-24-23(31)16(4)32-26(25(24)33-17(5)29)35-28(8)12-11-19-22(27(19,6)7)21-15(3)9-10-18(21)28/h13,15-16,18-19,21-26,31H,9-12H2,1-8H3/t15-,16-,18+,19-,21-,22-,23+,24+,25-,26+,28+/m1/s1. The third kappa shape index (κ3) is 4.93. The summed E-state index contributed by atoms with van der Waals surface area (Å²) in [5, 5.41) is 10.8. The van der Waals surface area contributed by atoms with Gasteiger partial charge in [0.05, 0.1) is 11.7 Å². The van der Waals surface area contributed by atoms with Crippen molar-refractivity contribution < 1.29 is 33.6 Å². The van der Waals surface area contributed by atoms with Gasteiger partial charge in [0.25, 0.3) is 0 Å². The molecule has 3 saturated carbocycles. The van der Waals surface area contributed by atoms with Crippen molar-refractivity contribution in [2.45, 2.75) is 117 Å². The first-order valence-corrected chi connectivity index (χ1v) is 13.3. The van der Waals surface area contributed by atoms with Crippen LogP contribution in [0.25, 0.3) is 0 Å². The SMILES string of the molecule is CC(=O)O[C@H]1[C@H](O[C@@]2(C)CC[C@@H]3[C@H]([C@@H]4[C@H](C)CC[C@@H]42)C3(C)C)O[C@H](C)[C@H](O)[C@@H]1OC(=O)C=C(C)C. The summed E-state index contributed by atoms with van der Waals surface area (Å²) in [5.41, 5.74) is 0.696. The molecule has 0 aromatic heterocycles. The topological polar surface area (TPSA) is 91.3 Å². The van der Waals surface area contributed by atoms with Crippen molar-refractivity contribution >= 4 is 11.9 Å². The Labute approximate surface area is 209 Å². The lowest BCUT2D eigenvalue weighted by Gasteiger charge is -2.47. The molecule has 4 fully saturated rings. The van der Waals surface area contributed by atoms with Gasteiger partial charge in [-0.15, -0.1) is 0 Å². The Hall–Kier alpha value is -1.44. The molecule has 0 amide bonds. The lowest BCUT2D eigenvalue weighted by atomic mass is 9.74. The highest BCUT2D eigenvalue weighted by molar-refractivity contribution is 5.82. The van der Waals surface area contributed by atoms with Crippen LogP contribution in [0.15, 0.2) is 11.6 Å². The molecule has 4 rings (SSSR count). The van der Waals surface area contributed by atoms with E-state index in [-0.39, 0.29) is 0 Å². The fraction of sp³-hybridized carbons (Fsp3) is 0.857. The molecule has 0 bridgehead atoms. The van der Waals surface area contributed by atoms with E-state index in [0.717, 1.165) is 24.8 Å². The van der Waals surface area contributed by atoms with Crippen LogP contribution in [0.5, 0.6) is 0 Å². The molecule has 0 unspecified atom stereocenters. The number of hydrogen-bond donors (Lipinski definition) is 1. The fourth-order valence-electron chi connectivity index (χ4n) is 7.62. The Balaban J connectivity index is 1.61. The van der Waals surface area contributed by atoms with Gasteiger partial charge in [-0.25, -0.2) is 4.79 Å². The minimum atomic E-state index is -1.15. The second kappa shape index (κ2) is 9.46. The number of carbonyl (C=O) groups is 2. The summed E-state index contributed by atoms with van der Waals surface area (Å²) in [4.78, 5) is 24.5. The van der Waals surface area contributed by atoms with Crippen molar-refractivity contribution in [3.05, 3.63) is 11.6 Å². The van der Waals surface area contributed by atoms with Crippen molar-refractivity contribution in [1.29, 1.82) is 0 Å². The Morgan fingerprint density at radius 3 is 2.29 bits per heavy atom. The van der Waals surface area contributed by atoms with E-state index in [1.807, 2.05) is 0 Å². The summed E-state index contributed by atoms with van der Waals surface area (Å²) in [6.45, 7) is 16.0. The van der Waals surface area contributed by atoms with Gasteiger partial charge >= 0.3 is 11.9 Å². The van der Waals surface area contributed by atoms with Crippen LogP contribution >= 0.6 is 0 Å². The summed E-state index contributed by atoms with van der Waals surface area (Å²) in [6.07, 6.45) is 0.748. The highest BCUT2D eigenvalue weighted by Crippen LogP contribution is 2.71. The maximum absolute atomic E-state index is 12.5. The number of ether oxygens (including phenoxy) is 4. The van der Waals surface area contributed by atoms with E-state index in [0.29, 0.717) is 35.0 Å². The zero-order valence-electron chi connectivity index (χ0n) is 22.6. The first kappa shape index (κ1) is 26.6. The number of esters is 2. The summed E-state index contributed by atoms with van der Waals surface area (Å²) < 4.78 is 24.2. The van der Waals surface area contributed by atoms with Crippen LogP contribution in [-0.2, 0) is 28.5 Å². The zero-order valence-corrected chi connectivity index (χ0v) is 22.6. The summed E-state index contributed by atoms with van der Waals surface area (Å²) >= 11 is 0. The van der Waals surface area contributed by atoms with E-state index in [9.17, 15) is 14.7 Å². The smallest absolute Gasteiger partial charge is 0.331 e. The molecule has 0 aromatic rings. The number of aliphatic hydroxyl groups is 1. The molecule has 35 heavy (non-hydrogen) atoms. The van der Waals surface area contributed by atoms with E-state index in [1.165, 1.54) is 19.4 Å². The highest BCUT2D eigenvalue weighted by atomic mass is 16.7. The first-order valence-electron chi connectivity index (χ1n) is 13.3. The first-order chi connectivity index (χ1) is 16.3. The van der Waals surface area contributed by atoms with Crippen molar-refractivity contribution in [2.75, 3.05) is 0 Å². The Bertz CT molecular complexity index is 861. The monoisotopic (exact) mass is 492 g/mol. The zero-order chi connectivity index (χ0) is 25.9. The van der Waals surface area contributed by atoms with Crippen LogP contribution in [0.2, 0.25) is 0 Å². The molecular formula is C28H44O7. The van der Waals surface area contributed by atoms with E-state index in [1.54, 1.807) is 20.8 Å². The molecule has 1 aliphatic heterocycles. The Kier molecular flexibility index (Phi) is 7.19. The normalized spacial score (nSPS) is 46.0. The molecule has 1 heterocycles. The van der Waals surface area contributed by atoms with Gasteiger partial charge in [0.2, 0.25) is 0 Å². The molecule has 1 N–H and O–H groups in total. The van der Waals surface area contributed by atoms with Crippen LogP contribution in [0.3, 0.4) is 0 Å². The van der Waals surface area contributed by atoms with Crippen LogP contribution < -0.4 is 0 Å². The number of aliphatic hydroxyl groups excluding tert-OH is 1. The molecule has 7 heteroatoms. The van der Waals surface area contributed by atoms with Crippen LogP contribution in [-0.4, -0.2) is 53.4 Å². The van der Waals surface area contributed by atoms with E-state index in [2.05, 4.69) is 27.7 Å². The average Bonchev–Trinajstić information content (AvgIpc) is 3.11. The minimum Gasteiger partial charge on any atom is -0.453 e. The molecular weight excluding hydrogens is 448 g/mol. The lowest BCUT2D eigenvalue weighted by Crippen LogP contribution is -2.62. The van der Waals surface area contributed by atoms with Gasteiger partial charge in [-0.2, -0.15) is 0 Å². The van der Waals surface area contributed by atoms with Gasteiger partial charge in [-0.3, -0.25) is 4.79 Å². The average molecular weight is 493 g/mol. The number of fused-ring (bicyclic) bond motifs is 3. The number of allylic oxidation sites excluding steroid dienone is 1. The van der Waals surface area contributed by atoms with E-state index < -0.39 is 48.2 Å². The summed E-state index contributed by atoms with van der Waals surface area (Å²) in [5.74, 6) is 1.90. The molecule has 0 aromatic carbocycles. The number of hydrogen-bond acceptors (Lipinski definition) is 7. The minimum absolute atomic E-state index is 0.379. The van der Waals surface area contributed by atoms with Crippen LogP contribution in [0.4, 0.5) is 0 Å². The predicted octanol–water partition coefficient (Wildman–Crippen LogP) is 4.41. The molecule has 4 aliphatic rings. The van der Waals surface area contributed by atoms with Gasteiger partial charge < -0.3 is 24.1 Å². The lowest BCUT2D eigenvalue weighted by molar-refractivity contribution is -0.329. The van der Waals surface area contributed by atoms with Crippen LogP contribution in [0, 0.1) is 35.0 Å². The Morgan fingerprint density at radius 2 is 1.66 bits per heavy atom. The quantitative estimate of drug-likeness (QED) is 0.449. The number of rotatable bonds is 5. The fourth-order valence-corrected chi connectivity index (χ4v) is 7.62. The Morgan fingerprint density at radius 1 is 0.971 bits per heavy atom. The molecule has 0 radical (unpaired) electrons. The number of carbonyl (C=O) groups excluding carboxylic acids is 2. The summed E-state index contributed by atoms with van der Waals surface area (Å²) in [6, 6.07) is 0. The van der Waals surface area contributed by atoms with Crippen molar-refractivity contribution in [3.63, 3.8) is 0 Å². The largest absolute Gasteiger partial charge is 0.453 e. The van der Waals surface area contributed by atoms with Gasteiger partial charge in [-0.1, -0.05) is 32.8 Å². The van der Waals surface area contributed by atoms with E-state index >= 15 is 0 Å². The van der Waals surface area contributed by atoms with Crippen molar-refractivity contribution in [3.8, 4) is 0 Å². The van der Waals surface area contributed by atoms with Gasteiger partial charge in [0.15, 0.2) is 18.5 Å². The van der Waals surface area contributed by atoms with Gasteiger partial charge in [-0.05, 0) is 82.0 Å². The summed E-state index contributed by atoms with van der Waals surface area (Å²) in [7, 11) is 0. The molecule has 3 aliphatic carbocycles. The van der Waals surface area contributed by atoms with Gasteiger partial charge in [0, 0.05) is 13.0 Å². The molecule has 1 saturated heterocycles. The van der Waals surface area contributed by atoms with Gasteiger partial charge in [0.1, 0.15) is 6.10 Å². The maximum Gasteiger partial charge on any atom is 0.331 e. The molecule has 198 valence electrons. The van der Waals surface area contributed by atoms with E-state index in [4.69, 9.17) is 18.9 Å². The molecule has 0 spiro atoms. The van der Waals surface area contributed by atoms with Crippen molar-refractivity contribution in [2.24, 2.45) is 35.0 Å². The predicted molar refractivity (Wildman–Crippen MR) is 130 cm³/mol. The third-order valence-electron chi connectivity index (χ3n) is 9.45.